The number of aromatic nitrogens is 2. The molecule has 0 radical (unpaired) electrons. The summed E-state index contributed by atoms with van der Waals surface area (Å²) in [5, 5.41) is 7.47. The first-order chi connectivity index (χ1) is 8.97. The molecule has 0 fully saturated rings. The van der Waals surface area contributed by atoms with Crippen LogP contribution in [-0.2, 0) is 17.6 Å². The molecule has 1 aromatic heterocycles. The lowest BCUT2D eigenvalue weighted by molar-refractivity contribution is 0.149. The lowest BCUT2D eigenvalue weighted by atomic mass is 9.84. The summed E-state index contributed by atoms with van der Waals surface area (Å²) in [5.74, 6) is 1.43. The highest BCUT2D eigenvalue weighted by Crippen LogP contribution is 2.22. The maximum Gasteiger partial charge on any atom is 0.228 e. The number of rotatable bonds is 8. The molecule has 0 saturated carbocycles. The number of hydrogen-bond donors (Lipinski definition) is 1. The predicted molar refractivity (Wildman–Crippen MR) is 75.1 cm³/mol. The van der Waals surface area contributed by atoms with Gasteiger partial charge in [0.15, 0.2) is 5.82 Å². The summed E-state index contributed by atoms with van der Waals surface area (Å²) in [5.41, 5.74) is 0.163. The summed E-state index contributed by atoms with van der Waals surface area (Å²) in [6.45, 7) is 13.0. The van der Waals surface area contributed by atoms with E-state index in [0.717, 1.165) is 25.4 Å². The Balaban J connectivity index is 2.55. The lowest BCUT2D eigenvalue weighted by Crippen LogP contribution is -2.41. The Hall–Kier alpha value is -0.940. The second kappa shape index (κ2) is 7.60. The molecule has 1 rings (SSSR count). The van der Waals surface area contributed by atoms with Crippen LogP contribution in [0.2, 0.25) is 0 Å². The fraction of sp³-hybridized carbons (Fsp3) is 0.857. The van der Waals surface area contributed by atoms with Crippen LogP contribution in [0.4, 0.5) is 0 Å². The molecular formula is C14H27N3O2. The molecule has 1 heterocycles. The fourth-order valence-corrected chi connectivity index (χ4v) is 1.89. The van der Waals surface area contributed by atoms with E-state index in [4.69, 9.17) is 9.26 Å². The Kier molecular flexibility index (Phi) is 6.45. The molecule has 5 nitrogen and oxygen atoms in total. The molecule has 0 aromatic carbocycles. The predicted octanol–water partition coefficient (Wildman–Crippen LogP) is 2.22. The Morgan fingerprint density at radius 3 is 2.63 bits per heavy atom. The average Bonchev–Trinajstić information content (AvgIpc) is 2.76. The number of likely N-dealkylation sites (N-methyl/N-ethyl adjacent to an activating group) is 1. The van der Waals surface area contributed by atoms with Crippen molar-refractivity contribution in [3.8, 4) is 0 Å². The second-order valence-electron chi connectivity index (χ2n) is 5.73. The van der Waals surface area contributed by atoms with Gasteiger partial charge in [-0.2, -0.15) is 4.98 Å². The van der Waals surface area contributed by atoms with Gasteiger partial charge in [0, 0.05) is 25.5 Å². The quantitative estimate of drug-likeness (QED) is 0.733. The molecule has 0 saturated heterocycles. The van der Waals surface area contributed by atoms with Crippen LogP contribution >= 0.6 is 0 Å². The van der Waals surface area contributed by atoms with Gasteiger partial charge in [-0.3, -0.25) is 0 Å². The summed E-state index contributed by atoms with van der Waals surface area (Å²) < 4.78 is 10.6. The van der Waals surface area contributed by atoms with Crippen LogP contribution in [0.1, 0.15) is 46.3 Å². The van der Waals surface area contributed by atoms with E-state index in [0.29, 0.717) is 25.0 Å². The highest BCUT2D eigenvalue weighted by molar-refractivity contribution is 4.93. The van der Waals surface area contributed by atoms with Crippen LogP contribution in [0.3, 0.4) is 0 Å². The smallest absolute Gasteiger partial charge is 0.228 e. The van der Waals surface area contributed by atoms with Crippen LogP contribution in [-0.4, -0.2) is 35.9 Å². The summed E-state index contributed by atoms with van der Waals surface area (Å²) in [4.78, 5) is 4.42. The van der Waals surface area contributed by atoms with E-state index in [1.165, 1.54) is 0 Å². The molecule has 0 bridgehead atoms. The maximum atomic E-state index is 5.31. The van der Waals surface area contributed by atoms with Crippen molar-refractivity contribution in [2.45, 2.75) is 53.5 Å². The van der Waals surface area contributed by atoms with E-state index in [1.54, 1.807) is 0 Å². The number of nitrogens with zero attached hydrogens (tertiary/aromatic N) is 2. The van der Waals surface area contributed by atoms with E-state index in [2.05, 4.69) is 43.2 Å². The van der Waals surface area contributed by atoms with Crippen LogP contribution < -0.4 is 5.32 Å². The van der Waals surface area contributed by atoms with Gasteiger partial charge in [-0.1, -0.05) is 32.9 Å². The molecular weight excluding hydrogens is 242 g/mol. The van der Waals surface area contributed by atoms with Crippen molar-refractivity contribution in [1.29, 1.82) is 0 Å². The molecule has 1 atom stereocenters. The summed E-state index contributed by atoms with van der Waals surface area (Å²) >= 11 is 0. The molecule has 0 aliphatic heterocycles. The molecule has 0 aliphatic rings. The van der Waals surface area contributed by atoms with Crippen LogP contribution in [0, 0.1) is 5.41 Å². The standard InChI is InChI=1S/C14H27N3O2/c1-6-15-11(14(3,4)5)10-13-16-12(17-19-13)8-9-18-7-2/h11,15H,6-10H2,1-5H3. The van der Waals surface area contributed by atoms with Crippen molar-refractivity contribution in [2.24, 2.45) is 5.41 Å². The second-order valence-corrected chi connectivity index (χ2v) is 5.73. The van der Waals surface area contributed by atoms with Crippen molar-refractivity contribution in [2.75, 3.05) is 19.8 Å². The highest BCUT2D eigenvalue weighted by Gasteiger charge is 2.26. The molecule has 0 aliphatic carbocycles. The summed E-state index contributed by atoms with van der Waals surface area (Å²) in [6.07, 6.45) is 1.47. The highest BCUT2D eigenvalue weighted by atomic mass is 16.5. The zero-order chi connectivity index (χ0) is 14.3. The van der Waals surface area contributed by atoms with E-state index < -0.39 is 0 Å². The SMILES string of the molecule is CCNC(Cc1nc(CCOCC)no1)C(C)(C)C. The van der Waals surface area contributed by atoms with Gasteiger partial charge in [-0.05, 0) is 18.9 Å². The minimum Gasteiger partial charge on any atom is -0.381 e. The number of nitrogens with one attached hydrogen (secondary N) is 1. The minimum atomic E-state index is 0.163. The molecule has 1 unspecified atom stereocenters. The number of hydrogen-bond acceptors (Lipinski definition) is 5. The molecule has 1 N–H and O–H groups in total. The van der Waals surface area contributed by atoms with Gasteiger partial charge >= 0.3 is 0 Å². The third-order valence-electron chi connectivity index (χ3n) is 3.06. The van der Waals surface area contributed by atoms with Crippen LogP contribution in [0.5, 0.6) is 0 Å². The molecule has 0 amide bonds. The zero-order valence-electron chi connectivity index (χ0n) is 12.8. The Morgan fingerprint density at radius 2 is 2.05 bits per heavy atom. The molecule has 110 valence electrons. The first kappa shape index (κ1) is 16.1. The van der Waals surface area contributed by atoms with Gasteiger partial charge in [0.1, 0.15) is 0 Å². The molecule has 1 aromatic rings. The van der Waals surface area contributed by atoms with Gasteiger partial charge in [-0.25, -0.2) is 0 Å². The van der Waals surface area contributed by atoms with Crippen molar-refractivity contribution in [3.05, 3.63) is 11.7 Å². The molecule has 19 heavy (non-hydrogen) atoms. The van der Waals surface area contributed by atoms with Gasteiger partial charge in [0.05, 0.1) is 6.61 Å². The van der Waals surface area contributed by atoms with Crippen molar-refractivity contribution in [3.63, 3.8) is 0 Å². The monoisotopic (exact) mass is 269 g/mol. The third-order valence-corrected chi connectivity index (χ3v) is 3.06. The van der Waals surface area contributed by atoms with Crippen molar-refractivity contribution >= 4 is 0 Å². The lowest BCUT2D eigenvalue weighted by Gasteiger charge is -2.30. The van der Waals surface area contributed by atoms with Crippen molar-refractivity contribution < 1.29 is 9.26 Å². The Bertz CT molecular complexity index is 358. The van der Waals surface area contributed by atoms with E-state index in [-0.39, 0.29) is 5.41 Å². The maximum absolute atomic E-state index is 5.31. The van der Waals surface area contributed by atoms with Crippen LogP contribution in [0.25, 0.3) is 0 Å². The first-order valence-electron chi connectivity index (χ1n) is 7.10. The summed E-state index contributed by atoms with van der Waals surface area (Å²) in [6, 6.07) is 0.331. The topological polar surface area (TPSA) is 60.2 Å². The fourth-order valence-electron chi connectivity index (χ4n) is 1.89. The number of ether oxygens (including phenoxy) is 1. The third kappa shape index (κ3) is 5.70. The van der Waals surface area contributed by atoms with E-state index in [9.17, 15) is 0 Å². The zero-order valence-corrected chi connectivity index (χ0v) is 12.8. The minimum absolute atomic E-state index is 0.163. The van der Waals surface area contributed by atoms with E-state index in [1.807, 2.05) is 6.92 Å². The van der Waals surface area contributed by atoms with Gasteiger partial charge in [0.2, 0.25) is 5.89 Å². The Morgan fingerprint density at radius 1 is 1.32 bits per heavy atom. The Labute approximate surface area is 116 Å². The average molecular weight is 269 g/mol. The van der Waals surface area contributed by atoms with E-state index >= 15 is 0 Å². The summed E-state index contributed by atoms with van der Waals surface area (Å²) in [7, 11) is 0. The molecule has 5 heteroatoms. The normalized spacial score (nSPS) is 13.7. The van der Waals surface area contributed by atoms with Gasteiger partial charge < -0.3 is 14.6 Å². The molecule has 0 spiro atoms. The van der Waals surface area contributed by atoms with Crippen LogP contribution in [0.15, 0.2) is 4.52 Å². The largest absolute Gasteiger partial charge is 0.381 e. The first-order valence-corrected chi connectivity index (χ1v) is 7.10. The van der Waals surface area contributed by atoms with Gasteiger partial charge in [-0.15, -0.1) is 0 Å². The van der Waals surface area contributed by atoms with Crippen molar-refractivity contribution in [1.82, 2.24) is 15.5 Å². The van der Waals surface area contributed by atoms with Gasteiger partial charge in [0.25, 0.3) is 0 Å².